The molecule has 14 heavy (non-hydrogen) atoms. The molecule has 0 aromatic heterocycles. The average Bonchev–Trinajstić information content (AvgIpc) is 2.19. The van der Waals surface area contributed by atoms with Crippen molar-refractivity contribution in [3.05, 3.63) is 23.5 Å². The molecule has 0 aliphatic carbocycles. The Hall–Kier alpha value is -1.62. The Balaban J connectivity index is 3.28. The molecule has 0 fully saturated rings. The maximum Gasteiger partial charge on any atom is 0.171 e. The van der Waals surface area contributed by atoms with E-state index >= 15 is 0 Å². The summed E-state index contributed by atoms with van der Waals surface area (Å²) in [6.07, 6.45) is 1.10. The molecule has 1 rings (SSSR count). The maximum atomic E-state index is 13.5. The summed E-state index contributed by atoms with van der Waals surface area (Å²) in [6.45, 7) is 0.0513. The van der Waals surface area contributed by atoms with Gasteiger partial charge in [-0.25, -0.2) is 9.38 Å². The molecule has 76 valence electrons. The molecule has 0 atom stereocenters. The fraction of sp³-hybridized carbons (Fsp3) is 0.222. The third-order valence-electron chi connectivity index (χ3n) is 1.82. The molecule has 0 heterocycles. The molecule has 0 saturated heterocycles. The van der Waals surface area contributed by atoms with E-state index in [1.54, 1.807) is 6.07 Å². The summed E-state index contributed by atoms with van der Waals surface area (Å²) in [5.41, 5.74) is 11.2. The number of halogens is 1. The van der Waals surface area contributed by atoms with Gasteiger partial charge in [0.15, 0.2) is 11.6 Å². The number of aliphatic imine (C=N–C) groups is 1. The van der Waals surface area contributed by atoms with Crippen molar-refractivity contribution in [3.8, 4) is 5.75 Å². The van der Waals surface area contributed by atoms with Crippen LogP contribution in [0.1, 0.15) is 5.56 Å². The molecule has 4 N–H and O–H groups in total. The number of benzene rings is 1. The fourth-order valence-electron chi connectivity index (χ4n) is 1.14. The van der Waals surface area contributed by atoms with Gasteiger partial charge in [-0.3, -0.25) is 0 Å². The van der Waals surface area contributed by atoms with Crippen LogP contribution < -0.4 is 16.2 Å². The summed E-state index contributed by atoms with van der Waals surface area (Å²) in [6, 6.07) is 3.09. The van der Waals surface area contributed by atoms with E-state index in [0.717, 1.165) is 6.34 Å². The van der Waals surface area contributed by atoms with Gasteiger partial charge in [0.05, 0.1) is 19.1 Å². The largest absolute Gasteiger partial charge is 0.494 e. The minimum atomic E-state index is -0.488. The minimum Gasteiger partial charge on any atom is -0.494 e. The standard InChI is InChI=1S/C9H12FN3O/c1-14-8-3-2-7(13-5-12)6(4-11)9(8)10/h2-3,5H,4,11H2,1H3,(H2,12,13). The molecule has 5 heteroatoms. The van der Waals surface area contributed by atoms with E-state index in [1.807, 2.05) is 0 Å². The summed E-state index contributed by atoms with van der Waals surface area (Å²) < 4.78 is 18.3. The van der Waals surface area contributed by atoms with Gasteiger partial charge < -0.3 is 16.2 Å². The lowest BCUT2D eigenvalue weighted by atomic mass is 10.1. The first-order valence-electron chi connectivity index (χ1n) is 4.04. The SMILES string of the molecule is COc1ccc(N=CN)c(CN)c1F. The van der Waals surface area contributed by atoms with E-state index < -0.39 is 5.82 Å². The zero-order valence-electron chi connectivity index (χ0n) is 7.83. The van der Waals surface area contributed by atoms with Gasteiger partial charge in [-0.05, 0) is 12.1 Å². The normalized spacial score (nSPS) is 10.8. The number of hydrogen-bond acceptors (Lipinski definition) is 3. The van der Waals surface area contributed by atoms with E-state index in [2.05, 4.69) is 4.99 Å². The van der Waals surface area contributed by atoms with Crippen LogP contribution >= 0.6 is 0 Å². The van der Waals surface area contributed by atoms with Crippen LogP contribution in [0.5, 0.6) is 5.75 Å². The molecule has 1 aromatic rings. The Bertz CT molecular complexity index is 352. The molecule has 0 unspecified atom stereocenters. The van der Waals surface area contributed by atoms with E-state index in [0.29, 0.717) is 11.3 Å². The molecule has 0 aliphatic heterocycles. The summed E-state index contributed by atoms with van der Waals surface area (Å²) in [4.78, 5) is 3.79. The Morgan fingerprint density at radius 1 is 1.57 bits per heavy atom. The van der Waals surface area contributed by atoms with Crippen molar-refractivity contribution in [2.24, 2.45) is 16.5 Å². The van der Waals surface area contributed by atoms with Crippen LogP contribution in [0.4, 0.5) is 10.1 Å². The fourth-order valence-corrected chi connectivity index (χ4v) is 1.14. The number of ether oxygens (including phenoxy) is 1. The first kappa shape index (κ1) is 10.5. The highest BCUT2D eigenvalue weighted by Crippen LogP contribution is 2.28. The van der Waals surface area contributed by atoms with Crippen molar-refractivity contribution in [3.63, 3.8) is 0 Å². The van der Waals surface area contributed by atoms with Crippen LogP contribution in [-0.2, 0) is 6.54 Å². The molecule has 0 spiro atoms. The Kier molecular flexibility index (Phi) is 3.41. The number of hydrogen-bond donors (Lipinski definition) is 2. The van der Waals surface area contributed by atoms with Crippen molar-refractivity contribution in [1.82, 2.24) is 0 Å². The summed E-state index contributed by atoms with van der Waals surface area (Å²) in [5, 5.41) is 0. The second-order valence-corrected chi connectivity index (χ2v) is 2.56. The van der Waals surface area contributed by atoms with Gasteiger partial charge in [-0.2, -0.15) is 0 Å². The summed E-state index contributed by atoms with van der Waals surface area (Å²) in [5.74, 6) is -0.334. The maximum absolute atomic E-state index is 13.5. The highest BCUT2D eigenvalue weighted by molar-refractivity contribution is 5.62. The quantitative estimate of drug-likeness (QED) is 0.558. The lowest BCUT2D eigenvalue weighted by Crippen LogP contribution is -2.02. The number of nitrogens with two attached hydrogens (primary N) is 2. The van der Waals surface area contributed by atoms with Crippen LogP contribution in [0.25, 0.3) is 0 Å². The van der Waals surface area contributed by atoms with Crippen molar-refractivity contribution in [2.75, 3.05) is 7.11 Å². The monoisotopic (exact) mass is 197 g/mol. The molecule has 0 amide bonds. The van der Waals surface area contributed by atoms with Crippen LogP contribution in [0.3, 0.4) is 0 Å². The van der Waals surface area contributed by atoms with E-state index in [9.17, 15) is 4.39 Å². The Morgan fingerprint density at radius 2 is 2.29 bits per heavy atom. The van der Waals surface area contributed by atoms with Crippen LogP contribution in [0, 0.1) is 5.82 Å². The molecule has 0 aliphatic rings. The smallest absolute Gasteiger partial charge is 0.171 e. The van der Waals surface area contributed by atoms with Gasteiger partial charge in [0, 0.05) is 12.1 Å². The highest BCUT2D eigenvalue weighted by atomic mass is 19.1. The Morgan fingerprint density at radius 3 is 2.79 bits per heavy atom. The van der Waals surface area contributed by atoms with E-state index in [1.165, 1.54) is 13.2 Å². The van der Waals surface area contributed by atoms with Gasteiger partial charge in [0.2, 0.25) is 0 Å². The first-order valence-corrected chi connectivity index (χ1v) is 4.04. The van der Waals surface area contributed by atoms with E-state index in [-0.39, 0.29) is 12.3 Å². The molecule has 1 aromatic carbocycles. The second-order valence-electron chi connectivity index (χ2n) is 2.56. The van der Waals surface area contributed by atoms with Crippen molar-refractivity contribution in [1.29, 1.82) is 0 Å². The number of nitrogens with zero attached hydrogens (tertiary/aromatic N) is 1. The molecule has 0 saturated carbocycles. The Labute approximate surface area is 81.4 Å². The van der Waals surface area contributed by atoms with Gasteiger partial charge in [0.25, 0.3) is 0 Å². The molecular formula is C9H12FN3O. The molecular weight excluding hydrogens is 185 g/mol. The lowest BCUT2D eigenvalue weighted by molar-refractivity contribution is 0.384. The number of rotatable bonds is 3. The third kappa shape index (κ3) is 1.82. The third-order valence-corrected chi connectivity index (χ3v) is 1.82. The first-order chi connectivity index (χ1) is 6.74. The average molecular weight is 197 g/mol. The number of methoxy groups -OCH3 is 1. The second kappa shape index (κ2) is 4.57. The minimum absolute atomic E-state index is 0.0513. The summed E-state index contributed by atoms with van der Waals surface area (Å²) >= 11 is 0. The van der Waals surface area contributed by atoms with Crippen molar-refractivity contribution < 1.29 is 9.13 Å². The summed E-state index contributed by atoms with van der Waals surface area (Å²) in [7, 11) is 1.39. The predicted octanol–water partition coefficient (Wildman–Crippen LogP) is 0.911. The van der Waals surface area contributed by atoms with Crippen molar-refractivity contribution >= 4 is 12.0 Å². The highest BCUT2D eigenvalue weighted by Gasteiger charge is 2.11. The van der Waals surface area contributed by atoms with Crippen LogP contribution in [0.2, 0.25) is 0 Å². The molecule has 4 nitrogen and oxygen atoms in total. The molecule has 0 radical (unpaired) electrons. The van der Waals surface area contributed by atoms with Gasteiger partial charge >= 0.3 is 0 Å². The van der Waals surface area contributed by atoms with Gasteiger partial charge in [0.1, 0.15) is 0 Å². The topological polar surface area (TPSA) is 73.6 Å². The van der Waals surface area contributed by atoms with Gasteiger partial charge in [-0.1, -0.05) is 0 Å². The zero-order valence-corrected chi connectivity index (χ0v) is 7.83. The zero-order chi connectivity index (χ0) is 10.6. The van der Waals surface area contributed by atoms with Crippen molar-refractivity contribution in [2.45, 2.75) is 6.54 Å². The predicted molar refractivity (Wildman–Crippen MR) is 53.2 cm³/mol. The van der Waals surface area contributed by atoms with E-state index in [4.69, 9.17) is 16.2 Å². The lowest BCUT2D eigenvalue weighted by Gasteiger charge is -2.08. The van der Waals surface area contributed by atoms with Crippen LogP contribution in [-0.4, -0.2) is 13.4 Å². The molecule has 0 bridgehead atoms. The van der Waals surface area contributed by atoms with Crippen LogP contribution in [0.15, 0.2) is 17.1 Å². The van der Waals surface area contributed by atoms with Gasteiger partial charge in [-0.15, -0.1) is 0 Å².